The molecule has 0 saturated carbocycles. The van der Waals surface area contributed by atoms with Crippen LogP contribution in [0.3, 0.4) is 0 Å². The first-order valence-corrected chi connectivity index (χ1v) is 5.87. The highest BCUT2D eigenvalue weighted by Gasteiger charge is 2.05. The van der Waals surface area contributed by atoms with E-state index in [0.717, 1.165) is 11.3 Å². The molecule has 17 heavy (non-hydrogen) atoms. The van der Waals surface area contributed by atoms with Gasteiger partial charge in [-0.2, -0.15) is 4.99 Å². The molecule has 0 saturated heterocycles. The minimum Gasteiger partial charge on any atom is -0.194 e. The lowest BCUT2D eigenvalue weighted by Gasteiger charge is -2.08. The molecule has 0 spiro atoms. The second-order valence-corrected chi connectivity index (χ2v) is 4.20. The molecular weight excluding hydrogens is 226 g/mol. The van der Waals surface area contributed by atoms with Crippen molar-refractivity contribution in [1.82, 2.24) is 0 Å². The van der Waals surface area contributed by atoms with Gasteiger partial charge in [0.25, 0.3) is 0 Å². The van der Waals surface area contributed by atoms with Gasteiger partial charge in [-0.15, -0.1) is 0 Å². The van der Waals surface area contributed by atoms with Crippen molar-refractivity contribution in [2.24, 2.45) is 4.99 Å². The maximum atomic E-state index is 4.66. The third kappa shape index (κ3) is 2.50. The van der Waals surface area contributed by atoms with Crippen LogP contribution in [0.4, 0.5) is 5.69 Å². The van der Waals surface area contributed by atoms with Gasteiger partial charge in [0.1, 0.15) is 0 Å². The molecule has 0 radical (unpaired) electrons. The first-order valence-electron chi connectivity index (χ1n) is 5.47. The highest BCUT2D eigenvalue weighted by molar-refractivity contribution is 7.78. The second kappa shape index (κ2) is 5.05. The number of aryl methyl sites for hydroxylation is 1. The van der Waals surface area contributed by atoms with Gasteiger partial charge in [-0.05, 0) is 48.8 Å². The number of hydrogen-bond acceptors (Lipinski definition) is 2. The fourth-order valence-electron chi connectivity index (χ4n) is 1.92. The lowest BCUT2D eigenvalue weighted by atomic mass is 9.98. The third-order valence-electron chi connectivity index (χ3n) is 2.80. The normalized spacial score (nSPS) is 9.76. The van der Waals surface area contributed by atoms with E-state index in [9.17, 15) is 0 Å². The highest BCUT2D eigenvalue weighted by atomic mass is 32.1. The molecule has 0 atom stereocenters. The summed E-state index contributed by atoms with van der Waals surface area (Å²) < 4.78 is 0. The van der Waals surface area contributed by atoms with E-state index in [-0.39, 0.29) is 0 Å². The van der Waals surface area contributed by atoms with E-state index in [1.165, 1.54) is 16.7 Å². The Morgan fingerprint density at radius 3 is 2.53 bits per heavy atom. The van der Waals surface area contributed by atoms with Crippen LogP contribution in [0.5, 0.6) is 0 Å². The van der Waals surface area contributed by atoms with Crippen molar-refractivity contribution in [3.05, 3.63) is 53.6 Å². The zero-order valence-electron chi connectivity index (χ0n) is 9.90. The van der Waals surface area contributed by atoms with Crippen LogP contribution < -0.4 is 0 Å². The quantitative estimate of drug-likeness (QED) is 0.546. The van der Waals surface area contributed by atoms with Gasteiger partial charge >= 0.3 is 0 Å². The first kappa shape index (κ1) is 11.7. The van der Waals surface area contributed by atoms with E-state index in [2.05, 4.69) is 66.6 Å². The number of nitrogens with zero attached hydrogens (tertiary/aromatic N) is 1. The van der Waals surface area contributed by atoms with Gasteiger partial charge in [-0.25, -0.2) is 0 Å². The number of isothiocyanates is 1. The van der Waals surface area contributed by atoms with Crippen LogP contribution in [-0.2, 0) is 0 Å². The van der Waals surface area contributed by atoms with Crippen molar-refractivity contribution in [3.8, 4) is 11.1 Å². The van der Waals surface area contributed by atoms with Crippen molar-refractivity contribution in [2.45, 2.75) is 13.8 Å². The maximum absolute atomic E-state index is 4.66. The Morgan fingerprint density at radius 1 is 1.06 bits per heavy atom. The SMILES string of the molecule is Cc1cccc(-c2cccc(N=C=S)c2C)c1. The molecule has 0 aliphatic heterocycles. The maximum Gasteiger partial charge on any atom is 0.0774 e. The summed E-state index contributed by atoms with van der Waals surface area (Å²) in [5, 5.41) is 2.42. The van der Waals surface area contributed by atoms with Gasteiger partial charge in [0.15, 0.2) is 0 Å². The number of benzene rings is 2. The van der Waals surface area contributed by atoms with Gasteiger partial charge in [0, 0.05) is 0 Å². The predicted molar refractivity (Wildman–Crippen MR) is 76.0 cm³/mol. The Kier molecular flexibility index (Phi) is 3.48. The molecule has 1 nitrogen and oxygen atoms in total. The molecule has 0 unspecified atom stereocenters. The number of thiocarbonyl (C=S) groups is 1. The molecule has 0 fully saturated rings. The van der Waals surface area contributed by atoms with Crippen LogP contribution in [0.1, 0.15) is 11.1 Å². The van der Waals surface area contributed by atoms with E-state index >= 15 is 0 Å². The van der Waals surface area contributed by atoms with E-state index in [1.807, 2.05) is 12.1 Å². The minimum absolute atomic E-state index is 0.888. The Morgan fingerprint density at radius 2 is 1.82 bits per heavy atom. The molecule has 0 heterocycles. The fraction of sp³-hybridized carbons (Fsp3) is 0.133. The molecule has 84 valence electrons. The third-order valence-corrected chi connectivity index (χ3v) is 2.89. The Labute approximate surface area is 107 Å². The molecule has 0 amide bonds. The summed E-state index contributed by atoms with van der Waals surface area (Å²) in [6.45, 7) is 4.15. The van der Waals surface area contributed by atoms with Crippen LogP contribution in [0.25, 0.3) is 11.1 Å². The Balaban J connectivity index is 2.60. The van der Waals surface area contributed by atoms with Crippen molar-refractivity contribution in [1.29, 1.82) is 0 Å². The van der Waals surface area contributed by atoms with Crippen LogP contribution in [0.15, 0.2) is 47.5 Å². The van der Waals surface area contributed by atoms with Gasteiger partial charge in [0.2, 0.25) is 0 Å². The molecule has 2 heteroatoms. The zero-order chi connectivity index (χ0) is 12.3. The van der Waals surface area contributed by atoms with Crippen LogP contribution in [0.2, 0.25) is 0 Å². The van der Waals surface area contributed by atoms with Gasteiger partial charge in [-0.1, -0.05) is 42.0 Å². The monoisotopic (exact) mass is 239 g/mol. The van der Waals surface area contributed by atoms with Gasteiger partial charge in [-0.3, -0.25) is 0 Å². The second-order valence-electron chi connectivity index (χ2n) is 4.02. The summed E-state index contributed by atoms with van der Waals surface area (Å²) in [4.78, 5) is 4.08. The van der Waals surface area contributed by atoms with E-state index < -0.39 is 0 Å². The van der Waals surface area contributed by atoms with Gasteiger partial charge < -0.3 is 0 Å². The first-order chi connectivity index (χ1) is 8.22. The molecule has 2 aromatic rings. The minimum atomic E-state index is 0.888. The van der Waals surface area contributed by atoms with E-state index in [1.54, 1.807) is 0 Å². The molecule has 2 rings (SSSR count). The molecular formula is C15H13NS. The summed E-state index contributed by atoms with van der Waals surface area (Å²) in [7, 11) is 0. The summed E-state index contributed by atoms with van der Waals surface area (Å²) >= 11 is 4.66. The number of aliphatic imine (C=N–C) groups is 1. The summed E-state index contributed by atoms with van der Waals surface area (Å²) in [6.07, 6.45) is 0. The largest absolute Gasteiger partial charge is 0.194 e. The van der Waals surface area contributed by atoms with Crippen LogP contribution >= 0.6 is 12.2 Å². The topological polar surface area (TPSA) is 12.4 Å². The summed E-state index contributed by atoms with van der Waals surface area (Å²) in [6, 6.07) is 14.5. The van der Waals surface area contributed by atoms with E-state index in [4.69, 9.17) is 0 Å². The van der Waals surface area contributed by atoms with Gasteiger partial charge in [0.05, 0.1) is 10.8 Å². The average Bonchev–Trinajstić information content (AvgIpc) is 2.32. The zero-order valence-corrected chi connectivity index (χ0v) is 10.7. The smallest absolute Gasteiger partial charge is 0.0774 e. The van der Waals surface area contributed by atoms with Crippen molar-refractivity contribution < 1.29 is 0 Å². The molecule has 0 aromatic heterocycles. The van der Waals surface area contributed by atoms with Crippen molar-refractivity contribution >= 4 is 23.1 Å². The summed E-state index contributed by atoms with van der Waals surface area (Å²) in [5.74, 6) is 0. The van der Waals surface area contributed by atoms with Crippen LogP contribution in [-0.4, -0.2) is 5.16 Å². The molecule has 0 N–H and O–H groups in total. The predicted octanol–water partition coefficient (Wildman–Crippen LogP) is 4.70. The van der Waals surface area contributed by atoms with Crippen molar-refractivity contribution in [2.75, 3.05) is 0 Å². The van der Waals surface area contributed by atoms with Crippen LogP contribution in [0, 0.1) is 13.8 Å². The fourth-order valence-corrected chi connectivity index (χ4v) is 2.02. The molecule has 0 bridgehead atoms. The molecule has 2 aromatic carbocycles. The Hall–Kier alpha value is -1.76. The van der Waals surface area contributed by atoms with Crippen molar-refractivity contribution in [3.63, 3.8) is 0 Å². The average molecular weight is 239 g/mol. The number of rotatable bonds is 2. The highest BCUT2D eigenvalue weighted by Crippen LogP contribution is 2.30. The summed E-state index contributed by atoms with van der Waals surface area (Å²) in [5.41, 5.74) is 5.68. The lowest BCUT2D eigenvalue weighted by molar-refractivity contribution is 1.39. The lowest BCUT2D eigenvalue weighted by Crippen LogP contribution is -1.84. The molecule has 0 aliphatic carbocycles. The Bertz CT molecular complexity index is 596. The molecule has 0 aliphatic rings. The number of hydrogen-bond donors (Lipinski definition) is 0. The standard InChI is InChI=1S/C15H13NS/c1-11-5-3-6-13(9-11)14-7-4-8-15(12(14)2)16-10-17/h3-9H,1-2H3. The van der Waals surface area contributed by atoms with E-state index in [0.29, 0.717) is 0 Å².